The molecule has 0 atom stereocenters. The van der Waals surface area contributed by atoms with Gasteiger partial charge in [0.1, 0.15) is 5.75 Å². The van der Waals surface area contributed by atoms with Crippen molar-refractivity contribution in [2.45, 2.75) is 43.6 Å². The maximum atomic E-state index is 11.2. The predicted octanol–water partition coefficient (Wildman–Crippen LogP) is 2.73. The lowest BCUT2D eigenvalue weighted by Crippen LogP contribution is -2.24. The second kappa shape index (κ2) is 3.76. The third-order valence-electron chi connectivity index (χ3n) is 3.92. The molecule has 3 nitrogen and oxygen atoms in total. The van der Waals surface area contributed by atoms with Crippen molar-refractivity contribution in [3.05, 3.63) is 29.8 Å². The average Bonchev–Trinajstić information content (AvgIpc) is 3.05. The van der Waals surface area contributed by atoms with Gasteiger partial charge >= 0.3 is 5.97 Å². The van der Waals surface area contributed by atoms with Crippen LogP contribution < -0.4 is 4.74 Å². The van der Waals surface area contributed by atoms with E-state index >= 15 is 0 Å². The molecule has 0 radical (unpaired) electrons. The second-order valence-corrected chi connectivity index (χ2v) is 5.08. The number of benzene rings is 1. The summed E-state index contributed by atoms with van der Waals surface area (Å²) in [5, 5.41) is 9.19. The van der Waals surface area contributed by atoms with Crippen LogP contribution in [-0.2, 0) is 10.2 Å². The first-order chi connectivity index (χ1) is 8.21. The van der Waals surface area contributed by atoms with Crippen molar-refractivity contribution in [3.63, 3.8) is 0 Å². The summed E-state index contributed by atoms with van der Waals surface area (Å²) in [4.78, 5) is 11.2. The minimum Gasteiger partial charge on any atom is -0.490 e. The van der Waals surface area contributed by atoms with Gasteiger partial charge in [0.25, 0.3) is 0 Å². The Morgan fingerprint density at radius 1 is 1.24 bits per heavy atom. The van der Waals surface area contributed by atoms with Crippen LogP contribution in [0.1, 0.15) is 37.7 Å². The molecule has 0 bridgehead atoms. The van der Waals surface area contributed by atoms with Crippen LogP contribution in [0.3, 0.4) is 0 Å². The molecule has 0 aliphatic heterocycles. The number of ether oxygens (including phenoxy) is 1. The van der Waals surface area contributed by atoms with E-state index in [9.17, 15) is 9.90 Å². The van der Waals surface area contributed by atoms with E-state index in [0.29, 0.717) is 6.10 Å². The monoisotopic (exact) mass is 232 g/mol. The number of hydrogen-bond acceptors (Lipinski definition) is 2. The van der Waals surface area contributed by atoms with Gasteiger partial charge in [-0.3, -0.25) is 4.79 Å². The van der Waals surface area contributed by atoms with E-state index in [-0.39, 0.29) is 0 Å². The van der Waals surface area contributed by atoms with Crippen molar-refractivity contribution in [1.29, 1.82) is 0 Å². The summed E-state index contributed by atoms with van der Waals surface area (Å²) >= 11 is 0. The number of carboxylic acid groups (broad SMARTS) is 1. The molecule has 3 heteroatoms. The van der Waals surface area contributed by atoms with E-state index in [4.69, 9.17) is 4.74 Å². The molecule has 2 aliphatic rings. The first-order valence-corrected chi connectivity index (χ1v) is 6.21. The summed E-state index contributed by atoms with van der Waals surface area (Å²) in [5.74, 6) is 0.157. The van der Waals surface area contributed by atoms with E-state index in [0.717, 1.165) is 37.0 Å². The highest BCUT2D eigenvalue weighted by atomic mass is 16.5. The molecule has 0 unspecified atom stereocenters. The molecular weight excluding hydrogens is 216 g/mol. The minimum atomic E-state index is -0.704. The number of hydrogen-bond donors (Lipinski definition) is 1. The fourth-order valence-electron chi connectivity index (χ4n) is 2.28. The van der Waals surface area contributed by atoms with Gasteiger partial charge < -0.3 is 9.84 Å². The van der Waals surface area contributed by atoms with Crippen molar-refractivity contribution in [2.75, 3.05) is 0 Å². The fraction of sp³-hybridized carbons (Fsp3) is 0.500. The molecule has 0 saturated heterocycles. The largest absolute Gasteiger partial charge is 0.490 e. The lowest BCUT2D eigenvalue weighted by Gasteiger charge is -2.26. The first kappa shape index (κ1) is 10.6. The van der Waals surface area contributed by atoms with Crippen LogP contribution in [0.2, 0.25) is 0 Å². The average molecular weight is 232 g/mol. The third kappa shape index (κ3) is 1.79. The highest BCUT2D eigenvalue weighted by Crippen LogP contribution is 2.48. The standard InChI is InChI=1S/C14H16O3/c15-13(16)14(8-9-14)10-4-6-12(7-5-10)17-11-2-1-3-11/h4-7,11H,1-3,8-9H2,(H,15,16). The SMILES string of the molecule is O=C(O)C1(c2ccc(OC3CCC3)cc2)CC1. The van der Waals surface area contributed by atoms with Gasteiger partial charge in [-0.05, 0) is 49.8 Å². The van der Waals surface area contributed by atoms with Crippen LogP contribution in [0.15, 0.2) is 24.3 Å². The Bertz CT molecular complexity index is 427. The second-order valence-electron chi connectivity index (χ2n) is 5.08. The fourth-order valence-corrected chi connectivity index (χ4v) is 2.28. The van der Waals surface area contributed by atoms with Crippen molar-refractivity contribution in [1.82, 2.24) is 0 Å². The van der Waals surface area contributed by atoms with Crippen LogP contribution in [-0.4, -0.2) is 17.2 Å². The number of carbonyl (C=O) groups is 1. The molecule has 90 valence electrons. The summed E-state index contributed by atoms with van der Waals surface area (Å²) in [6, 6.07) is 7.59. The molecule has 1 aromatic carbocycles. The molecule has 2 aliphatic carbocycles. The van der Waals surface area contributed by atoms with Gasteiger partial charge in [-0.15, -0.1) is 0 Å². The Kier molecular flexibility index (Phi) is 2.35. The number of carboxylic acids is 1. The molecule has 1 N–H and O–H groups in total. The zero-order chi connectivity index (χ0) is 11.9. The summed E-state index contributed by atoms with van der Waals surface area (Å²) in [6.07, 6.45) is 5.42. The summed E-state index contributed by atoms with van der Waals surface area (Å²) in [5.41, 5.74) is 0.306. The van der Waals surface area contributed by atoms with Crippen molar-refractivity contribution in [2.24, 2.45) is 0 Å². The first-order valence-electron chi connectivity index (χ1n) is 6.21. The summed E-state index contributed by atoms with van der Waals surface area (Å²) in [7, 11) is 0. The van der Waals surface area contributed by atoms with Crippen LogP contribution in [0.5, 0.6) is 5.75 Å². The molecule has 0 spiro atoms. The Hall–Kier alpha value is -1.51. The number of aliphatic carboxylic acids is 1. The molecule has 0 heterocycles. The lowest BCUT2D eigenvalue weighted by atomic mass is 9.95. The van der Waals surface area contributed by atoms with Crippen molar-refractivity contribution < 1.29 is 14.6 Å². The quantitative estimate of drug-likeness (QED) is 0.868. The molecule has 2 fully saturated rings. The highest BCUT2D eigenvalue weighted by Gasteiger charge is 2.51. The van der Waals surface area contributed by atoms with E-state index in [1.165, 1.54) is 6.42 Å². The summed E-state index contributed by atoms with van der Waals surface area (Å²) < 4.78 is 5.75. The molecule has 0 aromatic heterocycles. The Labute approximate surface area is 100 Å². The van der Waals surface area contributed by atoms with Gasteiger partial charge in [0.15, 0.2) is 0 Å². The third-order valence-corrected chi connectivity index (χ3v) is 3.92. The molecule has 1 aromatic rings. The maximum Gasteiger partial charge on any atom is 0.314 e. The molecule has 2 saturated carbocycles. The Balaban J connectivity index is 1.73. The number of rotatable bonds is 4. The van der Waals surface area contributed by atoms with Gasteiger partial charge in [-0.25, -0.2) is 0 Å². The lowest BCUT2D eigenvalue weighted by molar-refractivity contribution is -0.140. The molecule has 0 amide bonds. The maximum absolute atomic E-state index is 11.2. The molecule has 17 heavy (non-hydrogen) atoms. The molecule has 3 rings (SSSR count). The van der Waals surface area contributed by atoms with Crippen LogP contribution >= 0.6 is 0 Å². The van der Waals surface area contributed by atoms with Crippen LogP contribution in [0.25, 0.3) is 0 Å². The van der Waals surface area contributed by atoms with E-state index < -0.39 is 11.4 Å². The van der Waals surface area contributed by atoms with Crippen LogP contribution in [0, 0.1) is 0 Å². The van der Waals surface area contributed by atoms with Gasteiger partial charge in [0, 0.05) is 0 Å². The van der Waals surface area contributed by atoms with Crippen molar-refractivity contribution in [3.8, 4) is 5.75 Å². The zero-order valence-corrected chi connectivity index (χ0v) is 9.69. The predicted molar refractivity (Wildman–Crippen MR) is 63.3 cm³/mol. The highest BCUT2D eigenvalue weighted by molar-refractivity contribution is 5.84. The molecular formula is C14H16O3. The normalized spacial score (nSPS) is 21.6. The zero-order valence-electron chi connectivity index (χ0n) is 9.69. The smallest absolute Gasteiger partial charge is 0.314 e. The van der Waals surface area contributed by atoms with Crippen molar-refractivity contribution >= 4 is 5.97 Å². The topological polar surface area (TPSA) is 46.5 Å². The van der Waals surface area contributed by atoms with E-state index in [1.807, 2.05) is 24.3 Å². The van der Waals surface area contributed by atoms with Gasteiger partial charge in [0.05, 0.1) is 11.5 Å². The van der Waals surface area contributed by atoms with E-state index in [2.05, 4.69) is 0 Å². The van der Waals surface area contributed by atoms with E-state index in [1.54, 1.807) is 0 Å². The Morgan fingerprint density at radius 3 is 2.29 bits per heavy atom. The summed E-state index contributed by atoms with van der Waals surface area (Å²) in [6.45, 7) is 0. The van der Waals surface area contributed by atoms with Gasteiger partial charge in [-0.1, -0.05) is 12.1 Å². The van der Waals surface area contributed by atoms with Gasteiger partial charge in [-0.2, -0.15) is 0 Å². The minimum absolute atomic E-state index is 0.371. The Morgan fingerprint density at radius 2 is 1.88 bits per heavy atom. The van der Waals surface area contributed by atoms with Gasteiger partial charge in [0.2, 0.25) is 0 Å². The van der Waals surface area contributed by atoms with Crippen LogP contribution in [0.4, 0.5) is 0 Å².